The monoisotopic (exact) mass is 394 g/mol. The lowest BCUT2D eigenvalue weighted by Gasteiger charge is -2.19. The Morgan fingerprint density at radius 1 is 1.25 bits per heavy atom. The van der Waals surface area contributed by atoms with Gasteiger partial charge in [0.15, 0.2) is 17.0 Å². The summed E-state index contributed by atoms with van der Waals surface area (Å²) in [6.07, 6.45) is 1.91. The number of methoxy groups -OCH3 is 1. The van der Waals surface area contributed by atoms with Crippen LogP contribution in [0.5, 0.6) is 12.0 Å². The molecule has 28 heavy (non-hydrogen) atoms. The fraction of sp³-hybridized carbons (Fsp3) is 0.667. The highest BCUT2D eigenvalue weighted by atomic mass is 16.6. The van der Waals surface area contributed by atoms with Crippen molar-refractivity contribution < 1.29 is 19.0 Å². The first-order valence-corrected chi connectivity index (χ1v) is 9.38. The van der Waals surface area contributed by atoms with E-state index in [1.165, 1.54) is 7.11 Å². The molecule has 0 aliphatic heterocycles. The zero-order chi connectivity index (χ0) is 20.7. The average Bonchev–Trinajstić information content (AvgIpc) is 2.96. The second-order valence-corrected chi connectivity index (χ2v) is 7.28. The number of hydrogen-bond acceptors (Lipinski definition) is 9. The first kappa shape index (κ1) is 21.7. The summed E-state index contributed by atoms with van der Waals surface area (Å²) in [7, 11) is 1.52. The SMILES string of the molecule is CCCCOc1nc(N)c2nc(OC)n(CCNCC(=O)OC(C)(C)C)c2n1. The molecule has 0 amide bonds. The van der Waals surface area contributed by atoms with Gasteiger partial charge >= 0.3 is 12.0 Å². The molecule has 0 saturated heterocycles. The number of hydrogen-bond donors (Lipinski definition) is 2. The number of esters is 1. The summed E-state index contributed by atoms with van der Waals surface area (Å²) in [5, 5.41) is 3.05. The standard InChI is InChI=1S/C18H30N6O4/c1-6-7-10-27-16-22-14(19)13-15(23-16)24(17(21-13)26-5)9-8-20-11-12(25)28-18(2,3)4/h20H,6-11H2,1-5H3,(H2,19,22,23). The van der Waals surface area contributed by atoms with E-state index in [0.717, 1.165) is 12.8 Å². The maximum atomic E-state index is 11.8. The van der Waals surface area contributed by atoms with Gasteiger partial charge < -0.3 is 25.3 Å². The van der Waals surface area contributed by atoms with E-state index in [4.69, 9.17) is 19.9 Å². The number of imidazole rings is 1. The van der Waals surface area contributed by atoms with Crippen LogP contribution in [-0.2, 0) is 16.1 Å². The fourth-order valence-electron chi connectivity index (χ4n) is 2.47. The maximum absolute atomic E-state index is 11.8. The van der Waals surface area contributed by atoms with Crippen LogP contribution in [0.2, 0.25) is 0 Å². The summed E-state index contributed by atoms with van der Waals surface area (Å²) in [6.45, 7) is 9.14. The normalized spacial score (nSPS) is 11.6. The molecular weight excluding hydrogens is 364 g/mol. The predicted molar refractivity (Wildman–Crippen MR) is 105 cm³/mol. The number of nitrogen functional groups attached to an aromatic ring is 1. The Bertz CT molecular complexity index is 799. The molecule has 3 N–H and O–H groups in total. The number of nitrogens with zero attached hydrogens (tertiary/aromatic N) is 4. The van der Waals surface area contributed by atoms with E-state index < -0.39 is 5.60 Å². The second-order valence-electron chi connectivity index (χ2n) is 7.28. The van der Waals surface area contributed by atoms with Gasteiger partial charge in [-0.1, -0.05) is 13.3 Å². The van der Waals surface area contributed by atoms with E-state index in [0.29, 0.717) is 36.9 Å². The molecule has 0 bridgehead atoms. The van der Waals surface area contributed by atoms with Gasteiger partial charge in [0.25, 0.3) is 6.01 Å². The van der Waals surface area contributed by atoms with Gasteiger partial charge in [-0.05, 0) is 27.2 Å². The van der Waals surface area contributed by atoms with Crippen molar-refractivity contribution >= 4 is 23.0 Å². The summed E-state index contributed by atoms with van der Waals surface area (Å²) < 4.78 is 17.9. The smallest absolute Gasteiger partial charge is 0.320 e. The van der Waals surface area contributed by atoms with Gasteiger partial charge in [0.1, 0.15) is 5.60 Å². The number of anilines is 1. The van der Waals surface area contributed by atoms with Gasteiger partial charge in [-0.15, -0.1) is 0 Å². The highest BCUT2D eigenvalue weighted by Gasteiger charge is 2.18. The molecule has 10 heteroatoms. The third-order valence-electron chi connectivity index (χ3n) is 3.68. The van der Waals surface area contributed by atoms with Crippen LogP contribution in [0.15, 0.2) is 0 Å². The van der Waals surface area contributed by atoms with E-state index >= 15 is 0 Å². The molecule has 0 aromatic carbocycles. The first-order chi connectivity index (χ1) is 13.2. The van der Waals surface area contributed by atoms with E-state index in [-0.39, 0.29) is 24.3 Å². The lowest BCUT2D eigenvalue weighted by atomic mass is 10.2. The third-order valence-corrected chi connectivity index (χ3v) is 3.68. The lowest BCUT2D eigenvalue weighted by molar-refractivity contribution is -0.153. The third kappa shape index (κ3) is 5.95. The molecular formula is C18H30N6O4. The Morgan fingerprint density at radius 2 is 2.00 bits per heavy atom. The number of carbonyl (C=O) groups excluding carboxylic acids is 1. The molecule has 0 radical (unpaired) electrons. The van der Waals surface area contributed by atoms with Crippen LogP contribution in [0.4, 0.5) is 5.82 Å². The van der Waals surface area contributed by atoms with Crippen LogP contribution in [0, 0.1) is 0 Å². The van der Waals surface area contributed by atoms with E-state index in [2.05, 4.69) is 27.2 Å². The van der Waals surface area contributed by atoms with Crippen LogP contribution >= 0.6 is 0 Å². The zero-order valence-electron chi connectivity index (χ0n) is 17.2. The van der Waals surface area contributed by atoms with Crippen LogP contribution in [0.1, 0.15) is 40.5 Å². The van der Waals surface area contributed by atoms with Crippen molar-refractivity contribution in [2.75, 3.05) is 32.5 Å². The number of carbonyl (C=O) groups is 1. The minimum Gasteiger partial charge on any atom is -0.468 e. The summed E-state index contributed by atoms with van der Waals surface area (Å²) in [6, 6.07) is 0.574. The minimum absolute atomic E-state index is 0.106. The van der Waals surface area contributed by atoms with Crippen molar-refractivity contribution in [2.24, 2.45) is 0 Å². The van der Waals surface area contributed by atoms with Gasteiger partial charge in [-0.3, -0.25) is 9.36 Å². The number of unbranched alkanes of at least 4 members (excludes halogenated alkanes) is 1. The van der Waals surface area contributed by atoms with E-state index in [1.54, 1.807) is 4.57 Å². The molecule has 0 unspecified atom stereocenters. The van der Waals surface area contributed by atoms with Crippen molar-refractivity contribution in [3.05, 3.63) is 0 Å². The molecule has 0 spiro atoms. The molecule has 0 atom stereocenters. The fourth-order valence-corrected chi connectivity index (χ4v) is 2.47. The highest BCUT2D eigenvalue weighted by Crippen LogP contribution is 2.25. The Labute approximate surface area is 164 Å². The summed E-state index contributed by atoms with van der Waals surface area (Å²) in [4.78, 5) is 24.7. The molecule has 2 aromatic rings. The average molecular weight is 394 g/mol. The van der Waals surface area contributed by atoms with Crippen molar-refractivity contribution in [1.29, 1.82) is 0 Å². The van der Waals surface area contributed by atoms with Gasteiger partial charge in [0, 0.05) is 13.1 Å². The first-order valence-electron chi connectivity index (χ1n) is 9.38. The molecule has 10 nitrogen and oxygen atoms in total. The topological polar surface area (TPSA) is 126 Å². The molecule has 156 valence electrons. The Balaban J connectivity index is 2.08. The quantitative estimate of drug-likeness (QED) is 0.455. The predicted octanol–water partition coefficient (Wildman–Crippen LogP) is 1.53. The molecule has 0 saturated carbocycles. The second kappa shape index (κ2) is 9.54. The summed E-state index contributed by atoms with van der Waals surface area (Å²) in [5.74, 6) is -0.0802. The maximum Gasteiger partial charge on any atom is 0.320 e. The van der Waals surface area contributed by atoms with Crippen molar-refractivity contribution in [1.82, 2.24) is 24.8 Å². The number of ether oxygens (including phenoxy) is 3. The summed E-state index contributed by atoms with van der Waals surface area (Å²) >= 11 is 0. The summed E-state index contributed by atoms with van der Waals surface area (Å²) in [5.41, 5.74) is 6.48. The molecule has 2 rings (SSSR count). The lowest BCUT2D eigenvalue weighted by Crippen LogP contribution is -2.32. The molecule has 0 aliphatic carbocycles. The van der Waals surface area contributed by atoms with Crippen LogP contribution in [0.25, 0.3) is 11.2 Å². The van der Waals surface area contributed by atoms with Crippen molar-refractivity contribution in [2.45, 2.75) is 52.7 Å². The molecule has 2 heterocycles. The van der Waals surface area contributed by atoms with Gasteiger partial charge in [0.05, 0.1) is 20.3 Å². The highest BCUT2D eigenvalue weighted by molar-refractivity contribution is 5.83. The van der Waals surface area contributed by atoms with Crippen molar-refractivity contribution in [3.8, 4) is 12.0 Å². The molecule has 0 aliphatic rings. The van der Waals surface area contributed by atoms with Crippen LogP contribution in [0.3, 0.4) is 0 Å². The number of fused-ring (bicyclic) bond motifs is 1. The number of rotatable bonds is 10. The van der Waals surface area contributed by atoms with E-state index in [9.17, 15) is 4.79 Å². The number of aromatic nitrogens is 4. The minimum atomic E-state index is -0.509. The molecule has 2 aromatic heterocycles. The van der Waals surface area contributed by atoms with Crippen molar-refractivity contribution in [3.63, 3.8) is 0 Å². The van der Waals surface area contributed by atoms with E-state index in [1.807, 2.05) is 20.8 Å². The zero-order valence-corrected chi connectivity index (χ0v) is 17.2. The van der Waals surface area contributed by atoms with Gasteiger partial charge in [-0.2, -0.15) is 15.0 Å². The Hall–Kier alpha value is -2.62. The van der Waals surface area contributed by atoms with Crippen LogP contribution in [-0.4, -0.2) is 57.9 Å². The Morgan fingerprint density at radius 3 is 2.64 bits per heavy atom. The van der Waals surface area contributed by atoms with Gasteiger partial charge in [-0.25, -0.2) is 0 Å². The Kier molecular flexibility index (Phi) is 7.38. The van der Waals surface area contributed by atoms with Gasteiger partial charge in [0.2, 0.25) is 0 Å². The molecule has 0 fully saturated rings. The van der Waals surface area contributed by atoms with Crippen LogP contribution < -0.4 is 20.5 Å². The largest absolute Gasteiger partial charge is 0.468 e. The number of nitrogens with two attached hydrogens (primary N) is 1. The number of nitrogens with one attached hydrogen (secondary N) is 1.